The maximum atomic E-state index is 13.4. The average molecular weight is 211 g/mol. The number of hydrogen-bond donors (Lipinski definition) is 1. The van der Waals surface area contributed by atoms with Crippen molar-refractivity contribution in [3.05, 3.63) is 47.2 Å². The highest BCUT2D eigenvalue weighted by molar-refractivity contribution is 5.28. The van der Waals surface area contributed by atoms with Gasteiger partial charge in [0.1, 0.15) is 17.4 Å². The lowest BCUT2D eigenvalue weighted by molar-refractivity contribution is 0.224. The summed E-state index contributed by atoms with van der Waals surface area (Å²) in [6, 6.07) is 2.71. The van der Waals surface area contributed by atoms with Crippen molar-refractivity contribution >= 4 is 0 Å². The minimum absolute atomic E-state index is 0.254. The number of nitrogens with two attached hydrogens (primary N) is 1. The van der Waals surface area contributed by atoms with Crippen LogP contribution in [0.5, 0.6) is 0 Å². The monoisotopic (exact) mass is 211 g/mol. The molecule has 0 radical (unpaired) electrons. The van der Waals surface area contributed by atoms with Gasteiger partial charge in [-0.1, -0.05) is 6.07 Å². The van der Waals surface area contributed by atoms with Crippen LogP contribution in [0.2, 0.25) is 0 Å². The molecule has 15 heavy (non-hydrogen) atoms. The number of halogens is 2. The van der Waals surface area contributed by atoms with Crippen molar-refractivity contribution in [2.75, 3.05) is 6.61 Å². The summed E-state index contributed by atoms with van der Waals surface area (Å²) in [5.41, 5.74) is 6.05. The lowest BCUT2D eigenvalue weighted by Gasteiger charge is -2.14. The van der Waals surface area contributed by atoms with Gasteiger partial charge in [-0.2, -0.15) is 0 Å². The van der Waals surface area contributed by atoms with E-state index in [1.165, 1.54) is 12.1 Å². The first-order valence-corrected chi connectivity index (χ1v) is 4.72. The number of ether oxygens (including phenoxy) is 1. The Balaban J connectivity index is 2.28. The molecule has 0 saturated heterocycles. The SMILES string of the molecule is NC(C1=CCCO1)c1ccc(F)cc1F. The molecule has 80 valence electrons. The van der Waals surface area contributed by atoms with Gasteiger partial charge >= 0.3 is 0 Å². The van der Waals surface area contributed by atoms with E-state index in [4.69, 9.17) is 10.5 Å². The second kappa shape index (κ2) is 3.98. The van der Waals surface area contributed by atoms with Crippen LogP contribution in [-0.2, 0) is 4.74 Å². The Kier molecular flexibility index (Phi) is 2.68. The smallest absolute Gasteiger partial charge is 0.131 e. The van der Waals surface area contributed by atoms with Crippen LogP contribution in [-0.4, -0.2) is 6.61 Å². The van der Waals surface area contributed by atoms with E-state index in [0.29, 0.717) is 12.4 Å². The third kappa shape index (κ3) is 1.99. The van der Waals surface area contributed by atoms with E-state index >= 15 is 0 Å². The predicted molar refractivity (Wildman–Crippen MR) is 51.9 cm³/mol. The quantitative estimate of drug-likeness (QED) is 0.814. The van der Waals surface area contributed by atoms with E-state index in [-0.39, 0.29) is 5.56 Å². The molecule has 0 fully saturated rings. The summed E-state index contributed by atoms with van der Waals surface area (Å²) < 4.78 is 31.2. The second-order valence-electron chi connectivity index (χ2n) is 3.39. The van der Waals surface area contributed by atoms with Crippen molar-refractivity contribution in [2.24, 2.45) is 5.73 Å². The van der Waals surface area contributed by atoms with Crippen molar-refractivity contribution in [2.45, 2.75) is 12.5 Å². The van der Waals surface area contributed by atoms with Gasteiger partial charge in [-0.3, -0.25) is 0 Å². The molecule has 2 nitrogen and oxygen atoms in total. The lowest BCUT2D eigenvalue weighted by atomic mass is 10.1. The fourth-order valence-corrected chi connectivity index (χ4v) is 1.56. The van der Waals surface area contributed by atoms with E-state index in [0.717, 1.165) is 12.5 Å². The van der Waals surface area contributed by atoms with Crippen molar-refractivity contribution < 1.29 is 13.5 Å². The number of rotatable bonds is 2. The van der Waals surface area contributed by atoms with Crippen LogP contribution in [0.3, 0.4) is 0 Å². The Hall–Kier alpha value is -1.42. The summed E-state index contributed by atoms with van der Waals surface area (Å²) in [6.07, 6.45) is 2.61. The third-order valence-electron chi connectivity index (χ3n) is 2.34. The van der Waals surface area contributed by atoms with Crippen molar-refractivity contribution in [1.29, 1.82) is 0 Å². The van der Waals surface area contributed by atoms with Crippen LogP contribution >= 0.6 is 0 Å². The van der Waals surface area contributed by atoms with Crippen LogP contribution in [0.15, 0.2) is 30.0 Å². The van der Waals surface area contributed by atoms with Crippen molar-refractivity contribution in [1.82, 2.24) is 0 Å². The van der Waals surface area contributed by atoms with Gasteiger partial charge in [-0.15, -0.1) is 0 Å². The summed E-state index contributed by atoms with van der Waals surface area (Å²) in [4.78, 5) is 0. The molecule has 0 amide bonds. The van der Waals surface area contributed by atoms with E-state index in [9.17, 15) is 8.78 Å². The molecule has 1 aliphatic heterocycles. The van der Waals surface area contributed by atoms with Gasteiger partial charge < -0.3 is 10.5 Å². The Morgan fingerprint density at radius 2 is 2.13 bits per heavy atom. The molecule has 0 bridgehead atoms. The minimum atomic E-state index is -0.645. The van der Waals surface area contributed by atoms with E-state index in [1.54, 1.807) is 0 Å². The molecule has 1 atom stereocenters. The molecule has 2 N–H and O–H groups in total. The Morgan fingerprint density at radius 1 is 1.33 bits per heavy atom. The molecular formula is C11H11F2NO. The first-order chi connectivity index (χ1) is 7.18. The Labute approximate surface area is 86.3 Å². The van der Waals surface area contributed by atoms with Gasteiger partial charge in [0, 0.05) is 18.1 Å². The molecule has 0 saturated carbocycles. The highest BCUT2D eigenvalue weighted by Gasteiger charge is 2.19. The molecule has 0 spiro atoms. The van der Waals surface area contributed by atoms with Gasteiger partial charge in [-0.25, -0.2) is 8.78 Å². The summed E-state index contributed by atoms with van der Waals surface area (Å²) in [6.45, 7) is 0.575. The minimum Gasteiger partial charge on any atom is -0.496 e. The number of hydrogen-bond acceptors (Lipinski definition) is 2. The average Bonchev–Trinajstić information content (AvgIpc) is 2.69. The Bertz CT molecular complexity index is 404. The molecule has 0 aliphatic carbocycles. The van der Waals surface area contributed by atoms with E-state index in [1.807, 2.05) is 6.08 Å². The topological polar surface area (TPSA) is 35.2 Å². The maximum Gasteiger partial charge on any atom is 0.131 e. The zero-order valence-corrected chi connectivity index (χ0v) is 8.04. The van der Waals surface area contributed by atoms with E-state index in [2.05, 4.69) is 0 Å². The van der Waals surface area contributed by atoms with Gasteiger partial charge in [-0.05, 0) is 12.1 Å². The van der Waals surface area contributed by atoms with E-state index < -0.39 is 17.7 Å². The lowest BCUT2D eigenvalue weighted by Crippen LogP contribution is -2.15. The zero-order chi connectivity index (χ0) is 10.8. The van der Waals surface area contributed by atoms with Crippen LogP contribution in [0, 0.1) is 11.6 Å². The van der Waals surface area contributed by atoms with Crippen LogP contribution in [0.1, 0.15) is 18.0 Å². The van der Waals surface area contributed by atoms with Crippen LogP contribution < -0.4 is 5.73 Å². The summed E-state index contributed by atoms with van der Waals surface area (Å²) in [5.74, 6) is -0.691. The first kappa shape index (κ1) is 10.1. The molecule has 0 aromatic heterocycles. The maximum absolute atomic E-state index is 13.4. The fraction of sp³-hybridized carbons (Fsp3) is 0.273. The van der Waals surface area contributed by atoms with Gasteiger partial charge in [0.05, 0.1) is 12.6 Å². The largest absolute Gasteiger partial charge is 0.496 e. The molecule has 4 heteroatoms. The zero-order valence-electron chi connectivity index (χ0n) is 8.04. The Morgan fingerprint density at radius 3 is 2.73 bits per heavy atom. The molecule has 1 heterocycles. The molecule has 2 rings (SSSR count). The molecular weight excluding hydrogens is 200 g/mol. The highest BCUT2D eigenvalue weighted by Crippen LogP contribution is 2.26. The van der Waals surface area contributed by atoms with Crippen molar-refractivity contribution in [3.8, 4) is 0 Å². The third-order valence-corrected chi connectivity index (χ3v) is 2.34. The summed E-state index contributed by atoms with van der Waals surface area (Å²) in [7, 11) is 0. The van der Waals surface area contributed by atoms with Crippen molar-refractivity contribution in [3.63, 3.8) is 0 Å². The van der Waals surface area contributed by atoms with Crippen LogP contribution in [0.4, 0.5) is 8.78 Å². The summed E-state index contributed by atoms with van der Waals surface area (Å²) >= 11 is 0. The first-order valence-electron chi connectivity index (χ1n) is 4.72. The second-order valence-corrected chi connectivity index (χ2v) is 3.39. The number of benzene rings is 1. The van der Waals surface area contributed by atoms with Gasteiger partial charge in [0.25, 0.3) is 0 Å². The predicted octanol–water partition coefficient (Wildman–Crippen LogP) is 2.27. The van der Waals surface area contributed by atoms with Gasteiger partial charge in [0.2, 0.25) is 0 Å². The summed E-state index contributed by atoms with van der Waals surface area (Å²) in [5, 5.41) is 0. The van der Waals surface area contributed by atoms with Gasteiger partial charge in [0.15, 0.2) is 0 Å². The fourth-order valence-electron chi connectivity index (χ4n) is 1.56. The standard InChI is InChI=1S/C11H11F2NO/c12-7-3-4-8(9(13)6-7)11(14)10-2-1-5-15-10/h2-4,6,11H,1,5,14H2. The molecule has 1 aromatic rings. The molecule has 1 aromatic carbocycles. The van der Waals surface area contributed by atoms with Crippen LogP contribution in [0.25, 0.3) is 0 Å². The molecule has 1 aliphatic rings. The highest BCUT2D eigenvalue weighted by atomic mass is 19.1. The normalized spacial score (nSPS) is 17.1. The molecule has 1 unspecified atom stereocenters.